The van der Waals surface area contributed by atoms with Crippen LogP contribution in [0.15, 0.2) is 91.0 Å². The van der Waals surface area contributed by atoms with Crippen molar-refractivity contribution in [2.75, 3.05) is 0 Å². The van der Waals surface area contributed by atoms with E-state index in [0.29, 0.717) is 17.2 Å². The van der Waals surface area contributed by atoms with E-state index in [0.717, 1.165) is 0 Å². The second-order valence-corrected chi connectivity index (χ2v) is 4.01. The number of phenolic OH excluding ortho intramolecular Hbond substituents is 3. The first-order valence-corrected chi connectivity index (χ1v) is 6.40. The fourth-order valence-electron chi connectivity index (χ4n) is 1.28. The molecule has 120 valence electrons. The maximum Gasteiger partial charge on any atom is 0.115 e. The van der Waals surface area contributed by atoms with Crippen LogP contribution in [-0.4, -0.2) is 15.3 Å². The summed E-state index contributed by atoms with van der Waals surface area (Å²) >= 11 is 0. The Kier molecular flexibility index (Phi) is 14.7. The zero-order valence-electron chi connectivity index (χ0n) is 13.0. The largest absolute Gasteiger partial charge is 0.508 e. The molecule has 3 nitrogen and oxygen atoms in total. The van der Waals surface area contributed by atoms with E-state index in [-0.39, 0.29) is 29.1 Å². The first-order chi connectivity index (χ1) is 10.2. The van der Waals surface area contributed by atoms with Crippen LogP contribution in [0.3, 0.4) is 0 Å². The van der Waals surface area contributed by atoms with Gasteiger partial charge in [-0.2, -0.15) is 0 Å². The third-order valence-corrected chi connectivity index (χ3v) is 2.27. The molecule has 0 aliphatic carbocycles. The van der Waals surface area contributed by atoms with Crippen LogP contribution in [-0.2, 0) is 21.7 Å². The van der Waals surface area contributed by atoms with E-state index in [1.807, 2.05) is 18.2 Å². The zero-order chi connectivity index (χ0) is 15.3. The molecule has 0 spiro atoms. The number of aromatic hydroxyl groups is 3. The predicted octanol–water partition coefficient (Wildman–Crippen LogP) is 4.62. The van der Waals surface area contributed by atoms with Crippen LogP contribution in [0, 0.1) is 7.43 Å². The first-order valence-electron chi connectivity index (χ1n) is 6.40. The summed E-state index contributed by atoms with van der Waals surface area (Å²) in [5.41, 5.74) is 0. The van der Waals surface area contributed by atoms with Crippen molar-refractivity contribution in [2.45, 2.75) is 0 Å². The Morgan fingerprint density at radius 2 is 0.565 bits per heavy atom. The van der Waals surface area contributed by atoms with E-state index in [1.54, 1.807) is 72.8 Å². The SMILES string of the molecule is Oc1ccccc1.Oc1ccccc1.Oc1ccccc1.[CH3-].[Ti]. The molecule has 3 N–H and O–H groups in total. The van der Waals surface area contributed by atoms with Gasteiger partial charge in [0.15, 0.2) is 0 Å². The molecular formula is C19H21O3Ti-. The fourth-order valence-corrected chi connectivity index (χ4v) is 1.28. The van der Waals surface area contributed by atoms with E-state index >= 15 is 0 Å². The fraction of sp³-hybridized carbons (Fsp3) is 0. The molecule has 0 unspecified atom stereocenters. The number of hydrogen-bond acceptors (Lipinski definition) is 3. The van der Waals surface area contributed by atoms with E-state index in [1.165, 1.54) is 0 Å². The van der Waals surface area contributed by atoms with E-state index in [2.05, 4.69) is 0 Å². The molecule has 0 fully saturated rings. The van der Waals surface area contributed by atoms with Crippen LogP contribution < -0.4 is 0 Å². The molecule has 4 heteroatoms. The molecule has 0 bridgehead atoms. The molecule has 0 saturated carbocycles. The number of phenols is 3. The van der Waals surface area contributed by atoms with E-state index in [9.17, 15) is 0 Å². The summed E-state index contributed by atoms with van der Waals surface area (Å²) in [6.07, 6.45) is 0. The molecule has 0 saturated heterocycles. The smallest absolute Gasteiger partial charge is 0.115 e. The molecule has 0 aromatic heterocycles. The molecule has 0 amide bonds. The summed E-state index contributed by atoms with van der Waals surface area (Å²) in [6.45, 7) is 0. The van der Waals surface area contributed by atoms with Gasteiger partial charge in [-0.3, -0.25) is 0 Å². The van der Waals surface area contributed by atoms with Crippen molar-refractivity contribution in [3.8, 4) is 17.2 Å². The average molecular weight is 345 g/mol. The second kappa shape index (κ2) is 14.7. The van der Waals surface area contributed by atoms with Gasteiger partial charge in [-0.1, -0.05) is 54.6 Å². The minimum atomic E-state index is 0. The summed E-state index contributed by atoms with van der Waals surface area (Å²) in [7, 11) is 0. The van der Waals surface area contributed by atoms with Gasteiger partial charge in [-0.05, 0) is 36.4 Å². The van der Waals surface area contributed by atoms with E-state index in [4.69, 9.17) is 15.3 Å². The summed E-state index contributed by atoms with van der Waals surface area (Å²) in [5, 5.41) is 25.9. The summed E-state index contributed by atoms with van der Waals surface area (Å²) in [4.78, 5) is 0. The van der Waals surface area contributed by atoms with Gasteiger partial charge in [-0.15, -0.1) is 0 Å². The standard InChI is InChI=1S/3C6H6O.CH3.Ti/c3*7-6-4-2-1-3-5-6;;/h3*1-5,7H;1H3;/q;;;-1;. The Bertz CT molecular complexity index is 498. The Morgan fingerprint density at radius 3 is 0.652 bits per heavy atom. The maximum atomic E-state index is 8.63. The Balaban J connectivity index is 0. The van der Waals surface area contributed by atoms with Gasteiger partial charge in [0.2, 0.25) is 0 Å². The molecule has 3 aromatic carbocycles. The maximum absolute atomic E-state index is 8.63. The number of para-hydroxylation sites is 3. The molecule has 23 heavy (non-hydrogen) atoms. The zero-order valence-corrected chi connectivity index (χ0v) is 14.6. The van der Waals surface area contributed by atoms with Crippen LogP contribution in [0.5, 0.6) is 17.2 Å². The predicted molar refractivity (Wildman–Crippen MR) is 90.7 cm³/mol. The van der Waals surface area contributed by atoms with Crippen LogP contribution >= 0.6 is 0 Å². The van der Waals surface area contributed by atoms with Crippen molar-refractivity contribution >= 4 is 0 Å². The summed E-state index contributed by atoms with van der Waals surface area (Å²) in [5.74, 6) is 0.965. The van der Waals surface area contributed by atoms with Crippen LogP contribution in [0.1, 0.15) is 0 Å². The van der Waals surface area contributed by atoms with Gasteiger partial charge >= 0.3 is 0 Å². The van der Waals surface area contributed by atoms with Crippen molar-refractivity contribution in [3.63, 3.8) is 0 Å². The van der Waals surface area contributed by atoms with E-state index < -0.39 is 0 Å². The van der Waals surface area contributed by atoms with Gasteiger partial charge in [0.05, 0.1) is 0 Å². The van der Waals surface area contributed by atoms with Crippen molar-refractivity contribution in [2.24, 2.45) is 0 Å². The van der Waals surface area contributed by atoms with Crippen LogP contribution in [0.2, 0.25) is 0 Å². The Labute approximate surface area is 152 Å². The molecule has 3 aromatic rings. The van der Waals surface area contributed by atoms with Gasteiger partial charge in [-0.25, -0.2) is 0 Å². The van der Waals surface area contributed by atoms with Crippen LogP contribution in [0.4, 0.5) is 0 Å². The second-order valence-electron chi connectivity index (χ2n) is 4.01. The minimum Gasteiger partial charge on any atom is -0.508 e. The average Bonchev–Trinajstić information content (AvgIpc) is 2.51. The molecule has 0 atom stereocenters. The van der Waals surface area contributed by atoms with Crippen molar-refractivity contribution in [1.82, 2.24) is 0 Å². The molecule has 0 aliphatic rings. The number of rotatable bonds is 0. The third kappa shape index (κ3) is 13.2. The van der Waals surface area contributed by atoms with Gasteiger partial charge in [0.1, 0.15) is 17.2 Å². The number of hydrogen-bond donors (Lipinski definition) is 3. The molecule has 3 rings (SSSR count). The van der Waals surface area contributed by atoms with Gasteiger partial charge < -0.3 is 22.7 Å². The van der Waals surface area contributed by atoms with Crippen molar-refractivity contribution in [3.05, 3.63) is 98.4 Å². The summed E-state index contributed by atoms with van der Waals surface area (Å²) < 4.78 is 0. The molecule has 0 radical (unpaired) electrons. The Morgan fingerprint density at radius 1 is 0.391 bits per heavy atom. The molecule has 0 aliphatic heterocycles. The first kappa shape index (κ1) is 23.0. The normalized spacial score (nSPS) is 7.83. The summed E-state index contributed by atoms with van der Waals surface area (Å²) in [6, 6.07) is 26.1. The van der Waals surface area contributed by atoms with Crippen molar-refractivity contribution in [1.29, 1.82) is 0 Å². The van der Waals surface area contributed by atoms with Gasteiger partial charge in [0, 0.05) is 21.7 Å². The minimum absolute atomic E-state index is 0. The quantitative estimate of drug-likeness (QED) is 0.411. The number of benzene rings is 3. The molecule has 0 heterocycles. The van der Waals surface area contributed by atoms with Crippen LogP contribution in [0.25, 0.3) is 0 Å². The third-order valence-electron chi connectivity index (χ3n) is 2.27. The Hall–Kier alpha value is -2.23. The monoisotopic (exact) mass is 345 g/mol. The van der Waals surface area contributed by atoms with Crippen molar-refractivity contribution < 1.29 is 37.0 Å². The molecular weight excluding hydrogens is 324 g/mol. The van der Waals surface area contributed by atoms with Gasteiger partial charge in [0.25, 0.3) is 0 Å². The topological polar surface area (TPSA) is 60.7 Å².